The van der Waals surface area contributed by atoms with Crippen LogP contribution in [0.25, 0.3) is 10.9 Å². The first-order chi connectivity index (χ1) is 19.8. The van der Waals surface area contributed by atoms with Crippen LogP contribution in [-0.2, 0) is 24.1 Å². The van der Waals surface area contributed by atoms with Crippen molar-refractivity contribution in [2.45, 2.75) is 68.9 Å². The Morgan fingerprint density at radius 2 is 1.80 bits per heavy atom. The molecule has 0 spiro atoms. The molecule has 1 saturated heterocycles. The van der Waals surface area contributed by atoms with Crippen molar-refractivity contribution in [3.63, 3.8) is 0 Å². The second-order valence-corrected chi connectivity index (χ2v) is 12.8. The first kappa shape index (κ1) is 29.2. The maximum atomic E-state index is 13.3. The van der Waals surface area contributed by atoms with Gasteiger partial charge in [-0.2, -0.15) is 0 Å². The Morgan fingerprint density at radius 3 is 2.54 bits per heavy atom. The number of aryl methyl sites for hydroxylation is 1. The molecule has 0 radical (unpaired) electrons. The monoisotopic (exact) mass is 570 g/mol. The summed E-state index contributed by atoms with van der Waals surface area (Å²) in [4.78, 5) is 19.2. The molecule has 3 unspecified atom stereocenters. The lowest BCUT2D eigenvalue weighted by atomic mass is 9.96. The van der Waals surface area contributed by atoms with Gasteiger partial charge in [-0.1, -0.05) is 60.7 Å². The van der Waals surface area contributed by atoms with Gasteiger partial charge < -0.3 is 20.8 Å². The second-order valence-electron chi connectivity index (χ2n) is 11.6. The summed E-state index contributed by atoms with van der Waals surface area (Å²) in [6, 6.07) is 27.7. The number of H-pyrrole nitrogens is 1. The lowest BCUT2D eigenvalue weighted by molar-refractivity contribution is -0.127. The Morgan fingerprint density at radius 1 is 1.07 bits per heavy atom. The van der Waals surface area contributed by atoms with Crippen molar-refractivity contribution in [1.82, 2.24) is 15.2 Å². The van der Waals surface area contributed by atoms with Gasteiger partial charge in [0.2, 0.25) is 5.91 Å². The molecular formula is C34H42N4O2S. The first-order valence-electron chi connectivity index (χ1n) is 14.5. The minimum atomic E-state index is -0.966. The number of hydrogen-bond donors (Lipinski definition) is 3. The van der Waals surface area contributed by atoms with Crippen LogP contribution in [0.3, 0.4) is 0 Å². The van der Waals surface area contributed by atoms with Gasteiger partial charge in [-0.15, -0.1) is 11.8 Å². The van der Waals surface area contributed by atoms with E-state index < -0.39 is 5.54 Å². The number of methoxy groups -OCH3 is 1. The van der Waals surface area contributed by atoms with Crippen LogP contribution < -0.4 is 15.8 Å². The highest BCUT2D eigenvalue weighted by Crippen LogP contribution is 2.37. The zero-order chi connectivity index (χ0) is 28.8. The Bertz CT molecular complexity index is 1410. The van der Waals surface area contributed by atoms with E-state index in [1.54, 1.807) is 21.0 Å². The van der Waals surface area contributed by atoms with Crippen LogP contribution in [0.4, 0.5) is 0 Å². The molecule has 0 aliphatic carbocycles. The zero-order valence-corrected chi connectivity index (χ0v) is 25.1. The van der Waals surface area contributed by atoms with Crippen LogP contribution in [0.5, 0.6) is 5.75 Å². The molecule has 1 fully saturated rings. The topological polar surface area (TPSA) is 83.4 Å². The molecule has 216 valence electrons. The number of fused-ring (bicyclic) bond motifs is 1. The van der Waals surface area contributed by atoms with Crippen molar-refractivity contribution in [2.24, 2.45) is 5.73 Å². The molecule has 0 bridgehead atoms. The smallest absolute Gasteiger partial charge is 0.240 e. The minimum Gasteiger partial charge on any atom is -0.497 e. The number of aromatic amines is 1. The standard InChI is InChI=1S/C34H42N4O2S/c1-34(2,35)33(39)37-32(21-26-22-36-29-14-8-7-13-28(26)29)38-23-41-31(15-9-12-24-10-5-4-6-11-24)30(38)20-25-16-18-27(40-3)19-17-25/h4-8,10-11,13-14,16-19,22,30-32,36H,9,12,15,20-21,23,35H2,1-3H3,(H,37,39). The maximum Gasteiger partial charge on any atom is 0.240 e. The fraction of sp³-hybridized carbons (Fsp3) is 0.382. The molecule has 41 heavy (non-hydrogen) atoms. The Balaban J connectivity index is 1.41. The van der Waals surface area contributed by atoms with E-state index in [1.165, 1.54) is 22.1 Å². The van der Waals surface area contributed by atoms with Gasteiger partial charge in [0.25, 0.3) is 0 Å². The summed E-state index contributed by atoms with van der Waals surface area (Å²) < 4.78 is 5.41. The van der Waals surface area contributed by atoms with Crippen LogP contribution in [0.1, 0.15) is 43.4 Å². The van der Waals surface area contributed by atoms with Gasteiger partial charge >= 0.3 is 0 Å². The van der Waals surface area contributed by atoms with Gasteiger partial charge in [-0.3, -0.25) is 9.69 Å². The predicted octanol–water partition coefficient (Wildman–Crippen LogP) is 5.91. The lowest BCUT2D eigenvalue weighted by Crippen LogP contribution is -2.59. The van der Waals surface area contributed by atoms with E-state index in [1.807, 2.05) is 30.0 Å². The third-order valence-corrected chi connectivity index (χ3v) is 9.49. The molecule has 6 nitrogen and oxygen atoms in total. The van der Waals surface area contributed by atoms with Crippen molar-refractivity contribution >= 4 is 28.6 Å². The number of nitrogens with zero attached hydrogens (tertiary/aromatic N) is 1. The van der Waals surface area contributed by atoms with Crippen molar-refractivity contribution in [3.8, 4) is 5.75 Å². The van der Waals surface area contributed by atoms with Crippen LogP contribution >= 0.6 is 11.8 Å². The molecule has 1 aliphatic rings. The fourth-order valence-corrected chi connectivity index (χ4v) is 7.24. The Kier molecular flexibility index (Phi) is 9.38. The number of aromatic nitrogens is 1. The molecule has 4 N–H and O–H groups in total. The number of para-hydroxylation sites is 1. The molecule has 7 heteroatoms. The quantitative estimate of drug-likeness (QED) is 0.197. The molecule has 5 rings (SSSR count). The zero-order valence-electron chi connectivity index (χ0n) is 24.3. The number of nitrogens with two attached hydrogens (primary N) is 1. The number of nitrogens with one attached hydrogen (secondary N) is 2. The van der Waals surface area contributed by atoms with Gasteiger partial charge in [-0.05, 0) is 74.4 Å². The fourth-order valence-electron chi connectivity index (χ4n) is 5.70. The molecule has 3 aromatic carbocycles. The molecule has 1 aliphatic heterocycles. The average Bonchev–Trinajstić information content (AvgIpc) is 3.57. The summed E-state index contributed by atoms with van der Waals surface area (Å²) in [7, 11) is 1.70. The number of carbonyl (C=O) groups excluding carboxylic acids is 1. The third-order valence-electron chi connectivity index (χ3n) is 8.07. The molecule has 3 atom stereocenters. The molecular weight excluding hydrogens is 528 g/mol. The van der Waals surface area contributed by atoms with Crippen molar-refractivity contribution in [3.05, 3.63) is 102 Å². The SMILES string of the molecule is COc1ccc(CC2C(CCCc3ccccc3)SCN2C(Cc2c[nH]c3ccccc23)NC(=O)C(C)(C)N)cc1. The summed E-state index contributed by atoms with van der Waals surface area (Å²) in [5.74, 6) is 1.58. The number of amides is 1. The summed E-state index contributed by atoms with van der Waals surface area (Å²) in [5, 5.41) is 5.00. The van der Waals surface area contributed by atoms with E-state index in [0.29, 0.717) is 11.7 Å². The van der Waals surface area contributed by atoms with E-state index in [2.05, 4.69) is 82.1 Å². The van der Waals surface area contributed by atoms with Crippen LogP contribution in [0.15, 0.2) is 85.1 Å². The maximum absolute atomic E-state index is 13.3. The van der Waals surface area contributed by atoms with Crippen molar-refractivity contribution in [2.75, 3.05) is 13.0 Å². The van der Waals surface area contributed by atoms with Crippen LogP contribution in [0, 0.1) is 0 Å². The first-order valence-corrected chi connectivity index (χ1v) is 15.6. The van der Waals surface area contributed by atoms with Crippen molar-refractivity contribution < 1.29 is 9.53 Å². The summed E-state index contributed by atoms with van der Waals surface area (Å²) in [6.07, 6.45) is 6.82. The lowest BCUT2D eigenvalue weighted by Gasteiger charge is -2.36. The number of thioether (sulfide) groups is 1. The van der Waals surface area contributed by atoms with Crippen LogP contribution in [0.2, 0.25) is 0 Å². The van der Waals surface area contributed by atoms with Crippen molar-refractivity contribution in [1.29, 1.82) is 0 Å². The second kappa shape index (κ2) is 13.1. The largest absolute Gasteiger partial charge is 0.497 e. The highest BCUT2D eigenvalue weighted by Gasteiger charge is 2.40. The van der Waals surface area contributed by atoms with E-state index >= 15 is 0 Å². The van der Waals surface area contributed by atoms with Gasteiger partial charge in [0.05, 0.1) is 18.8 Å². The number of benzene rings is 3. The van der Waals surface area contributed by atoms with Gasteiger partial charge in [-0.25, -0.2) is 0 Å². The summed E-state index contributed by atoms with van der Waals surface area (Å²) >= 11 is 2.01. The molecule has 1 amide bonds. The van der Waals surface area contributed by atoms with E-state index in [-0.39, 0.29) is 18.1 Å². The number of hydrogen-bond acceptors (Lipinski definition) is 5. The Hall–Kier alpha value is -3.26. The van der Waals surface area contributed by atoms with E-state index in [4.69, 9.17) is 10.5 Å². The Labute approximate surface area is 248 Å². The highest BCUT2D eigenvalue weighted by molar-refractivity contribution is 8.00. The van der Waals surface area contributed by atoms with E-state index in [0.717, 1.165) is 42.8 Å². The highest BCUT2D eigenvalue weighted by atomic mass is 32.2. The van der Waals surface area contributed by atoms with Gasteiger partial charge in [0.15, 0.2) is 0 Å². The third kappa shape index (κ3) is 7.34. The molecule has 1 aromatic heterocycles. The van der Waals surface area contributed by atoms with Gasteiger partial charge in [0.1, 0.15) is 5.75 Å². The predicted molar refractivity (Wildman–Crippen MR) is 170 cm³/mol. The number of ether oxygens (including phenoxy) is 1. The normalized spacial score (nSPS) is 18.4. The summed E-state index contributed by atoms with van der Waals surface area (Å²) in [5.41, 5.74) is 10.3. The average molecular weight is 571 g/mol. The summed E-state index contributed by atoms with van der Waals surface area (Å²) in [6.45, 7) is 3.54. The van der Waals surface area contributed by atoms with Gasteiger partial charge in [0, 0.05) is 40.7 Å². The molecule has 2 heterocycles. The minimum absolute atomic E-state index is 0.136. The number of rotatable bonds is 12. The number of carbonyl (C=O) groups is 1. The molecule has 4 aromatic rings. The van der Waals surface area contributed by atoms with Crippen LogP contribution in [-0.4, -0.2) is 51.8 Å². The van der Waals surface area contributed by atoms with E-state index in [9.17, 15) is 4.79 Å². The molecule has 0 saturated carbocycles.